The Kier molecular flexibility index (Phi) is 5.81. The summed E-state index contributed by atoms with van der Waals surface area (Å²) < 4.78 is 78.1. The first-order valence-corrected chi connectivity index (χ1v) is 8.19. The summed E-state index contributed by atoms with van der Waals surface area (Å²) in [4.78, 5) is 36.3. The Bertz CT molecular complexity index is 826. The van der Waals surface area contributed by atoms with Gasteiger partial charge in [0.15, 0.2) is 0 Å². The van der Waals surface area contributed by atoms with Crippen LogP contribution in [0.2, 0.25) is 0 Å². The van der Waals surface area contributed by atoms with E-state index in [1.807, 2.05) is 0 Å². The summed E-state index contributed by atoms with van der Waals surface area (Å²) in [6.45, 7) is -1.59. The van der Waals surface area contributed by atoms with Crippen LogP contribution in [0.15, 0.2) is 16.9 Å². The van der Waals surface area contributed by atoms with Crippen molar-refractivity contribution in [2.45, 2.75) is 44.7 Å². The van der Waals surface area contributed by atoms with E-state index < -0.39 is 60.1 Å². The first-order valence-electron chi connectivity index (χ1n) is 8.19. The van der Waals surface area contributed by atoms with Crippen LogP contribution in [0, 0.1) is 5.92 Å². The molecule has 1 saturated carbocycles. The van der Waals surface area contributed by atoms with Crippen LogP contribution in [-0.4, -0.2) is 40.0 Å². The largest absolute Gasteiger partial charge is 0.431 e. The number of nitrogens with zero attached hydrogens (tertiary/aromatic N) is 2. The van der Waals surface area contributed by atoms with Crippen LogP contribution in [0.4, 0.5) is 26.3 Å². The van der Waals surface area contributed by atoms with Crippen molar-refractivity contribution in [3.8, 4) is 0 Å². The van der Waals surface area contributed by atoms with Gasteiger partial charge in [-0.2, -0.15) is 26.3 Å². The fourth-order valence-electron chi connectivity index (χ4n) is 2.88. The number of hydrogen-bond acceptors (Lipinski definition) is 3. The predicted octanol–water partition coefficient (Wildman–Crippen LogP) is 2.16. The number of amides is 2. The standard InChI is InChI=1S/C16H17F6N3O3/c1-8(9-2-3-9)25(7-15(17,18)19)12(26)6-24-11(16(20,21)22)5-4-10(13(23)27)14(24)28/h4-5,8-9H,2-3,6-7H2,1H3,(H2,23,27). The third-order valence-corrected chi connectivity index (χ3v) is 4.49. The molecular weight excluding hydrogens is 396 g/mol. The van der Waals surface area contributed by atoms with Gasteiger partial charge in [-0.25, -0.2) is 0 Å². The van der Waals surface area contributed by atoms with Gasteiger partial charge in [0.1, 0.15) is 24.3 Å². The van der Waals surface area contributed by atoms with Crippen molar-refractivity contribution < 1.29 is 35.9 Å². The molecule has 2 amide bonds. The topological polar surface area (TPSA) is 85.4 Å². The van der Waals surface area contributed by atoms with Crippen LogP contribution in [0.25, 0.3) is 0 Å². The van der Waals surface area contributed by atoms with Crippen molar-refractivity contribution in [2.24, 2.45) is 11.7 Å². The molecule has 1 fully saturated rings. The number of halogens is 6. The summed E-state index contributed by atoms with van der Waals surface area (Å²) in [6.07, 6.45) is -8.67. The molecular formula is C16H17F6N3O3. The van der Waals surface area contributed by atoms with Gasteiger partial charge in [-0.15, -0.1) is 0 Å². The molecule has 156 valence electrons. The molecule has 1 heterocycles. The fourth-order valence-corrected chi connectivity index (χ4v) is 2.88. The van der Waals surface area contributed by atoms with Crippen LogP contribution in [-0.2, 0) is 17.5 Å². The minimum absolute atomic E-state index is 0.0641. The smallest absolute Gasteiger partial charge is 0.365 e. The van der Waals surface area contributed by atoms with Crippen LogP contribution >= 0.6 is 0 Å². The zero-order chi connectivity index (χ0) is 21.4. The zero-order valence-corrected chi connectivity index (χ0v) is 14.6. The molecule has 0 aromatic carbocycles. The summed E-state index contributed by atoms with van der Waals surface area (Å²) in [5.41, 5.74) is 1.06. The van der Waals surface area contributed by atoms with Crippen LogP contribution < -0.4 is 11.3 Å². The van der Waals surface area contributed by atoms with E-state index in [-0.39, 0.29) is 10.5 Å². The lowest BCUT2D eigenvalue weighted by Gasteiger charge is -2.31. The maximum atomic E-state index is 13.2. The summed E-state index contributed by atoms with van der Waals surface area (Å²) in [5, 5.41) is 0. The third-order valence-electron chi connectivity index (χ3n) is 4.49. The zero-order valence-electron chi connectivity index (χ0n) is 14.6. The number of carbonyl (C=O) groups is 2. The minimum atomic E-state index is -5.08. The van der Waals surface area contributed by atoms with Crippen molar-refractivity contribution in [3.63, 3.8) is 0 Å². The van der Waals surface area contributed by atoms with E-state index in [1.54, 1.807) is 0 Å². The van der Waals surface area contributed by atoms with Gasteiger partial charge >= 0.3 is 12.4 Å². The maximum Gasteiger partial charge on any atom is 0.431 e. The summed E-state index contributed by atoms with van der Waals surface area (Å²) in [7, 11) is 0. The second-order valence-corrected chi connectivity index (χ2v) is 6.60. The summed E-state index contributed by atoms with van der Waals surface area (Å²) in [5.74, 6) is -2.83. The molecule has 1 aromatic rings. The molecule has 0 radical (unpaired) electrons. The molecule has 2 rings (SSSR count). The number of nitrogens with two attached hydrogens (primary N) is 1. The Morgan fingerprint density at radius 1 is 1.21 bits per heavy atom. The van der Waals surface area contributed by atoms with Gasteiger partial charge < -0.3 is 10.6 Å². The van der Waals surface area contributed by atoms with Gasteiger partial charge in [0.25, 0.3) is 11.5 Å². The number of alkyl halides is 6. The molecule has 0 bridgehead atoms. The number of aromatic nitrogens is 1. The number of pyridine rings is 1. The molecule has 0 aliphatic heterocycles. The highest BCUT2D eigenvalue weighted by atomic mass is 19.4. The van der Waals surface area contributed by atoms with Crippen LogP contribution in [0.5, 0.6) is 0 Å². The van der Waals surface area contributed by atoms with Crippen molar-refractivity contribution >= 4 is 11.8 Å². The fraction of sp³-hybridized carbons (Fsp3) is 0.562. The normalized spacial score (nSPS) is 16.0. The van der Waals surface area contributed by atoms with Crippen molar-refractivity contribution in [2.75, 3.05) is 6.54 Å². The molecule has 1 aromatic heterocycles. The Labute approximate surface area is 154 Å². The minimum Gasteiger partial charge on any atom is -0.365 e. The predicted molar refractivity (Wildman–Crippen MR) is 84.2 cm³/mol. The molecule has 12 heteroatoms. The summed E-state index contributed by atoms with van der Waals surface area (Å²) in [6, 6.07) is 0.0839. The molecule has 2 N–H and O–H groups in total. The second kappa shape index (κ2) is 7.47. The number of rotatable bonds is 6. The van der Waals surface area contributed by atoms with Gasteiger partial charge in [-0.05, 0) is 37.8 Å². The molecule has 1 aliphatic rings. The Balaban J connectivity index is 2.45. The highest BCUT2D eigenvalue weighted by Crippen LogP contribution is 2.36. The Morgan fingerprint density at radius 2 is 1.79 bits per heavy atom. The molecule has 28 heavy (non-hydrogen) atoms. The molecule has 1 atom stereocenters. The van der Waals surface area contributed by atoms with E-state index >= 15 is 0 Å². The van der Waals surface area contributed by atoms with E-state index in [2.05, 4.69) is 0 Å². The number of carbonyl (C=O) groups excluding carboxylic acids is 2. The van der Waals surface area contributed by atoms with Gasteiger partial charge in [-0.1, -0.05) is 0 Å². The van der Waals surface area contributed by atoms with Gasteiger partial charge in [-0.3, -0.25) is 19.0 Å². The third kappa shape index (κ3) is 5.04. The van der Waals surface area contributed by atoms with Gasteiger partial charge in [0, 0.05) is 6.04 Å². The van der Waals surface area contributed by atoms with Crippen molar-refractivity contribution in [3.05, 3.63) is 33.7 Å². The van der Waals surface area contributed by atoms with Gasteiger partial charge in [0.2, 0.25) is 5.91 Å². The Morgan fingerprint density at radius 3 is 2.21 bits per heavy atom. The molecule has 6 nitrogen and oxygen atoms in total. The first kappa shape index (κ1) is 21.8. The lowest BCUT2D eigenvalue weighted by atomic mass is 10.1. The van der Waals surface area contributed by atoms with Gasteiger partial charge in [0.05, 0.1) is 0 Å². The van der Waals surface area contributed by atoms with Crippen LogP contribution in [0.1, 0.15) is 35.8 Å². The maximum absolute atomic E-state index is 13.2. The Hall–Kier alpha value is -2.53. The lowest BCUT2D eigenvalue weighted by molar-refractivity contribution is -0.167. The first-order chi connectivity index (χ1) is 12.7. The highest BCUT2D eigenvalue weighted by molar-refractivity contribution is 5.92. The number of primary amides is 1. The molecule has 1 unspecified atom stereocenters. The number of hydrogen-bond donors (Lipinski definition) is 1. The quantitative estimate of drug-likeness (QED) is 0.726. The van der Waals surface area contributed by atoms with E-state index in [0.29, 0.717) is 29.9 Å². The SMILES string of the molecule is CC(C1CC1)N(CC(F)(F)F)C(=O)Cn1c(C(F)(F)F)ccc(C(N)=O)c1=O. The lowest BCUT2D eigenvalue weighted by Crippen LogP contribution is -2.48. The molecule has 0 saturated heterocycles. The monoisotopic (exact) mass is 413 g/mol. The highest BCUT2D eigenvalue weighted by Gasteiger charge is 2.41. The van der Waals surface area contributed by atoms with E-state index in [9.17, 15) is 40.7 Å². The van der Waals surface area contributed by atoms with Crippen LogP contribution in [0.3, 0.4) is 0 Å². The summed E-state index contributed by atoms with van der Waals surface area (Å²) >= 11 is 0. The molecule has 1 aliphatic carbocycles. The van der Waals surface area contributed by atoms with Crippen molar-refractivity contribution in [1.29, 1.82) is 0 Å². The molecule has 0 spiro atoms. The van der Waals surface area contributed by atoms with E-state index in [0.717, 1.165) is 0 Å². The van der Waals surface area contributed by atoms with E-state index in [4.69, 9.17) is 5.73 Å². The average molecular weight is 413 g/mol. The second-order valence-electron chi connectivity index (χ2n) is 6.60. The van der Waals surface area contributed by atoms with E-state index in [1.165, 1.54) is 6.92 Å². The van der Waals surface area contributed by atoms with Crippen molar-refractivity contribution in [1.82, 2.24) is 9.47 Å². The average Bonchev–Trinajstić information content (AvgIpc) is 3.36.